The Bertz CT molecular complexity index is 542. The highest BCUT2D eigenvalue weighted by atomic mass is 16.5. The van der Waals surface area contributed by atoms with Gasteiger partial charge in [0.05, 0.1) is 7.11 Å². The molecule has 1 fully saturated rings. The van der Waals surface area contributed by atoms with E-state index in [-0.39, 0.29) is 30.5 Å². The molecular weight excluding hydrogens is 270 g/mol. The fraction of sp³-hybridized carbons (Fsp3) is 0.500. The molecule has 0 amide bonds. The molecule has 1 aliphatic carbocycles. The van der Waals surface area contributed by atoms with Gasteiger partial charge >= 0.3 is 5.97 Å². The normalized spacial score (nSPS) is 31.0. The molecule has 0 bridgehead atoms. The third kappa shape index (κ3) is 2.65. The lowest BCUT2D eigenvalue weighted by molar-refractivity contribution is -0.144. The number of benzene rings is 1. The summed E-state index contributed by atoms with van der Waals surface area (Å²) in [7, 11) is 1.38. The topological polar surface area (TPSA) is 68.1 Å². The maximum absolute atomic E-state index is 12.0. The Labute approximate surface area is 123 Å². The van der Waals surface area contributed by atoms with Crippen LogP contribution in [0.5, 0.6) is 0 Å². The van der Waals surface area contributed by atoms with Crippen LogP contribution in [0.4, 0.5) is 0 Å². The zero-order chi connectivity index (χ0) is 14.8. The molecule has 0 spiro atoms. The van der Waals surface area contributed by atoms with Gasteiger partial charge in [-0.05, 0) is 30.9 Å². The van der Waals surface area contributed by atoms with E-state index >= 15 is 0 Å². The minimum Gasteiger partial charge on any atom is -0.474 e. The summed E-state index contributed by atoms with van der Waals surface area (Å²) in [5.41, 5.74) is 0.859. The van der Waals surface area contributed by atoms with E-state index < -0.39 is 6.04 Å². The summed E-state index contributed by atoms with van der Waals surface area (Å²) in [5, 5.41) is 9.37. The van der Waals surface area contributed by atoms with Gasteiger partial charge < -0.3 is 14.6 Å². The SMILES string of the molecule is COC(=O)[C@H]1N=C(c2ccccc2)O[C@H]2C[C@@H](CO)C[C@H]21. The molecule has 2 aliphatic rings. The van der Waals surface area contributed by atoms with E-state index in [0.29, 0.717) is 5.90 Å². The Kier molecular flexibility index (Phi) is 3.92. The van der Waals surface area contributed by atoms with E-state index in [4.69, 9.17) is 9.47 Å². The van der Waals surface area contributed by atoms with Crippen LogP contribution in [0.25, 0.3) is 0 Å². The molecule has 0 unspecified atom stereocenters. The third-order valence-corrected chi connectivity index (χ3v) is 4.30. The maximum atomic E-state index is 12.0. The summed E-state index contributed by atoms with van der Waals surface area (Å²) in [4.78, 5) is 16.5. The van der Waals surface area contributed by atoms with E-state index in [1.807, 2.05) is 30.3 Å². The summed E-state index contributed by atoms with van der Waals surface area (Å²) >= 11 is 0. The summed E-state index contributed by atoms with van der Waals surface area (Å²) < 4.78 is 10.9. The van der Waals surface area contributed by atoms with Crippen molar-refractivity contribution in [2.24, 2.45) is 16.8 Å². The van der Waals surface area contributed by atoms with Crippen LogP contribution < -0.4 is 0 Å². The minimum atomic E-state index is -0.541. The Hall–Kier alpha value is -1.88. The first-order valence-corrected chi connectivity index (χ1v) is 7.21. The first-order chi connectivity index (χ1) is 10.2. The number of esters is 1. The maximum Gasteiger partial charge on any atom is 0.331 e. The zero-order valence-corrected chi connectivity index (χ0v) is 11.9. The van der Waals surface area contributed by atoms with Crippen molar-refractivity contribution in [1.82, 2.24) is 0 Å². The Balaban J connectivity index is 1.92. The molecule has 1 aromatic rings. The monoisotopic (exact) mass is 289 g/mol. The molecule has 21 heavy (non-hydrogen) atoms. The van der Waals surface area contributed by atoms with Gasteiger partial charge in [0.25, 0.3) is 0 Å². The van der Waals surface area contributed by atoms with Crippen LogP contribution in [-0.2, 0) is 14.3 Å². The average Bonchev–Trinajstić information content (AvgIpc) is 2.97. The number of nitrogens with zero attached hydrogens (tertiary/aromatic N) is 1. The second-order valence-electron chi connectivity index (χ2n) is 5.61. The van der Waals surface area contributed by atoms with Crippen LogP contribution in [0.15, 0.2) is 35.3 Å². The standard InChI is InChI=1S/C16H19NO4/c1-20-16(19)14-12-7-10(9-18)8-13(12)21-15(17-14)11-5-3-2-4-6-11/h2-6,10,12-14,18H,7-9H2,1H3/t10-,12+,13-,14-/m0/s1. The number of aliphatic imine (C=N–C) groups is 1. The summed E-state index contributed by atoms with van der Waals surface area (Å²) in [6.07, 6.45) is 1.41. The molecule has 1 heterocycles. The molecule has 5 nitrogen and oxygen atoms in total. The van der Waals surface area contributed by atoms with Crippen molar-refractivity contribution >= 4 is 11.9 Å². The number of aliphatic hydroxyl groups is 1. The van der Waals surface area contributed by atoms with Crippen LogP contribution >= 0.6 is 0 Å². The highest BCUT2D eigenvalue weighted by Crippen LogP contribution is 2.40. The van der Waals surface area contributed by atoms with Gasteiger partial charge in [-0.1, -0.05) is 18.2 Å². The van der Waals surface area contributed by atoms with Crippen molar-refractivity contribution < 1.29 is 19.4 Å². The fourth-order valence-corrected chi connectivity index (χ4v) is 3.22. The number of carbonyl (C=O) groups is 1. The lowest BCUT2D eigenvalue weighted by Gasteiger charge is -2.30. The van der Waals surface area contributed by atoms with E-state index in [1.165, 1.54) is 7.11 Å². The Morgan fingerprint density at radius 3 is 2.81 bits per heavy atom. The van der Waals surface area contributed by atoms with Gasteiger partial charge in [0, 0.05) is 18.1 Å². The molecule has 3 rings (SSSR count). The van der Waals surface area contributed by atoms with E-state index in [2.05, 4.69) is 4.99 Å². The second kappa shape index (κ2) is 5.85. The molecule has 4 atom stereocenters. The predicted molar refractivity (Wildman–Crippen MR) is 77.0 cm³/mol. The molecule has 0 saturated heterocycles. The van der Waals surface area contributed by atoms with Gasteiger partial charge in [0.15, 0.2) is 6.04 Å². The minimum absolute atomic E-state index is 0.0120. The number of hydrogen-bond donors (Lipinski definition) is 1. The van der Waals surface area contributed by atoms with E-state index in [9.17, 15) is 9.90 Å². The summed E-state index contributed by atoms with van der Waals surface area (Å²) in [6, 6.07) is 9.01. The molecule has 0 radical (unpaired) electrons. The van der Waals surface area contributed by atoms with Crippen molar-refractivity contribution in [1.29, 1.82) is 0 Å². The number of ether oxygens (including phenoxy) is 2. The van der Waals surface area contributed by atoms with Crippen LogP contribution in [0.3, 0.4) is 0 Å². The predicted octanol–water partition coefficient (Wildman–Crippen LogP) is 1.39. The average molecular weight is 289 g/mol. The molecule has 1 aromatic carbocycles. The highest BCUT2D eigenvalue weighted by Gasteiger charge is 2.46. The Morgan fingerprint density at radius 2 is 2.14 bits per heavy atom. The van der Waals surface area contributed by atoms with Crippen LogP contribution in [0.1, 0.15) is 18.4 Å². The van der Waals surface area contributed by atoms with Crippen molar-refractivity contribution in [3.05, 3.63) is 35.9 Å². The molecular formula is C16H19NO4. The van der Waals surface area contributed by atoms with E-state index in [1.54, 1.807) is 0 Å². The van der Waals surface area contributed by atoms with Gasteiger partial charge in [-0.3, -0.25) is 0 Å². The number of methoxy groups -OCH3 is 1. The molecule has 5 heteroatoms. The molecule has 0 aromatic heterocycles. The van der Waals surface area contributed by atoms with Gasteiger partial charge in [-0.2, -0.15) is 0 Å². The van der Waals surface area contributed by atoms with Crippen LogP contribution in [-0.4, -0.2) is 42.8 Å². The van der Waals surface area contributed by atoms with Crippen LogP contribution in [0.2, 0.25) is 0 Å². The van der Waals surface area contributed by atoms with Crippen molar-refractivity contribution in [2.45, 2.75) is 25.0 Å². The first kappa shape index (κ1) is 14.1. The highest BCUT2D eigenvalue weighted by molar-refractivity contribution is 5.96. The largest absolute Gasteiger partial charge is 0.474 e. The molecule has 1 aliphatic heterocycles. The molecule has 1 N–H and O–H groups in total. The lowest BCUT2D eigenvalue weighted by Crippen LogP contribution is -2.41. The quantitative estimate of drug-likeness (QED) is 0.854. The van der Waals surface area contributed by atoms with Crippen LogP contribution in [0, 0.1) is 11.8 Å². The van der Waals surface area contributed by atoms with Gasteiger partial charge in [-0.25, -0.2) is 9.79 Å². The van der Waals surface area contributed by atoms with Gasteiger partial charge in [0.2, 0.25) is 5.90 Å². The summed E-state index contributed by atoms with van der Waals surface area (Å²) in [5.74, 6) is 0.311. The number of fused-ring (bicyclic) bond motifs is 1. The molecule has 1 saturated carbocycles. The van der Waals surface area contributed by atoms with E-state index in [0.717, 1.165) is 18.4 Å². The Morgan fingerprint density at radius 1 is 1.38 bits per heavy atom. The van der Waals surface area contributed by atoms with Gasteiger partial charge in [-0.15, -0.1) is 0 Å². The first-order valence-electron chi connectivity index (χ1n) is 7.21. The fourth-order valence-electron chi connectivity index (χ4n) is 3.22. The lowest BCUT2D eigenvalue weighted by atomic mass is 9.94. The number of carbonyl (C=O) groups excluding carboxylic acids is 1. The second-order valence-corrected chi connectivity index (χ2v) is 5.61. The molecule has 112 valence electrons. The summed E-state index contributed by atoms with van der Waals surface area (Å²) in [6.45, 7) is 0.116. The van der Waals surface area contributed by atoms with Gasteiger partial charge in [0.1, 0.15) is 6.10 Å². The number of hydrogen-bond acceptors (Lipinski definition) is 5. The number of rotatable bonds is 3. The van der Waals surface area contributed by atoms with Crippen molar-refractivity contribution in [3.8, 4) is 0 Å². The number of aliphatic hydroxyl groups excluding tert-OH is 1. The van der Waals surface area contributed by atoms with Crippen molar-refractivity contribution in [2.75, 3.05) is 13.7 Å². The smallest absolute Gasteiger partial charge is 0.331 e. The zero-order valence-electron chi connectivity index (χ0n) is 11.9. The van der Waals surface area contributed by atoms with Crippen molar-refractivity contribution in [3.63, 3.8) is 0 Å². The third-order valence-electron chi connectivity index (χ3n) is 4.30.